The Bertz CT molecular complexity index is 970. The van der Waals surface area contributed by atoms with Crippen LogP contribution < -0.4 is 5.49 Å². The van der Waals surface area contributed by atoms with Crippen LogP contribution in [0.2, 0.25) is 0 Å². The van der Waals surface area contributed by atoms with Gasteiger partial charge in [0, 0.05) is 13.6 Å². The average Bonchev–Trinajstić information content (AvgIpc) is 3.03. The van der Waals surface area contributed by atoms with Gasteiger partial charge in [0.1, 0.15) is 11.7 Å². The van der Waals surface area contributed by atoms with Gasteiger partial charge in [0.05, 0.1) is 18.8 Å². The molecule has 3 aromatic rings. The Morgan fingerprint density at radius 2 is 2.04 bits per heavy atom. The van der Waals surface area contributed by atoms with E-state index in [9.17, 15) is 10.1 Å². The molecule has 0 saturated heterocycles. The molecule has 0 aliphatic rings. The zero-order valence-electron chi connectivity index (χ0n) is 13.4. The molecule has 0 spiro atoms. The molecule has 11 heteroatoms. The molecule has 3 heterocycles. The van der Waals surface area contributed by atoms with E-state index >= 15 is 0 Å². The molecule has 3 rings (SSSR count). The van der Waals surface area contributed by atoms with Crippen LogP contribution in [-0.2, 0) is 20.6 Å². The van der Waals surface area contributed by atoms with Crippen LogP contribution in [0.5, 0.6) is 0 Å². The normalized spacial score (nSPS) is 10.8. The van der Waals surface area contributed by atoms with Crippen LogP contribution in [0, 0.1) is 15.5 Å². The van der Waals surface area contributed by atoms with Crippen molar-refractivity contribution in [3.05, 3.63) is 28.1 Å². The number of aromatic nitrogens is 6. The molecule has 0 aliphatic heterocycles. The lowest BCUT2D eigenvalue weighted by Gasteiger charge is -2.04. The minimum Gasteiger partial charge on any atom is -0.358 e. The summed E-state index contributed by atoms with van der Waals surface area (Å²) >= 11 is 0. The highest BCUT2D eigenvalue weighted by atomic mass is 35.5. The Morgan fingerprint density at radius 3 is 2.62 bits per heavy atom. The van der Waals surface area contributed by atoms with Crippen LogP contribution in [0.15, 0.2) is 12.5 Å². The largest absolute Gasteiger partial charge is 0.358 e. The average molecular weight is 353 g/mol. The number of hydrogen-bond donors (Lipinski definition) is 1. The quantitative estimate of drug-likeness (QED) is 0.561. The third-order valence-corrected chi connectivity index (χ3v) is 3.69. The summed E-state index contributed by atoms with van der Waals surface area (Å²) in [5.41, 5.74) is 1.23. The summed E-state index contributed by atoms with van der Waals surface area (Å²) < 4.78 is 4.64. The smallest absolute Gasteiger partial charge is 0.342 e. The van der Waals surface area contributed by atoms with E-state index in [0.29, 0.717) is 29.1 Å². The molecule has 0 amide bonds. The van der Waals surface area contributed by atoms with Crippen molar-refractivity contribution in [3.8, 4) is 11.5 Å². The van der Waals surface area contributed by atoms with Gasteiger partial charge in [0.2, 0.25) is 5.82 Å². The fourth-order valence-electron chi connectivity index (χ4n) is 2.56. The van der Waals surface area contributed by atoms with Crippen molar-refractivity contribution in [2.45, 2.75) is 19.9 Å². The van der Waals surface area contributed by atoms with Crippen LogP contribution in [0.3, 0.4) is 0 Å². The van der Waals surface area contributed by atoms with Gasteiger partial charge in [0.15, 0.2) is 11.3 Å². The maximum Gasteiger partial charge on any atom is 0.342 e. The SMILES string of the molecule is CCCn1cnc2c(c(-c3ncc([N+](=O)[O-])n3C)nn2C)c1=N.Cl. The highest BCUT2D eigenvalue weighted by Crippen LogP contribution is 2.25. The molecular weight excluding hydrogens is 336 g/mol. The Balaban J connectivity index is 0.00000208. The topological polar surface area (TPSA) is 120 Å². The van der Waals surface area contributed by atoms with Crippen LogP contribution in [0.4, 0.5) is 5.82 Å². The van der Waals surface area contributed by atoms with Crippen molar-refractivity contribution in [1.29, 1.82) is 5.41 Å². The second kappa shape index (κ2) is 6.40. The first kappa shape index (κ1) is 17.6. The van der Waals surface area contributed by atoms with Gasteiger partial charge in [-0.3, -0.25) is 5.41 Å². The molecule has 0 saturated carbocycles. The predicted octanol–water partition coefficient (Wildman–Crippen LogP) is 1.39. The summed E-state index contributed by atoms with van der Waals surface area (Å²) in [6, 6.07) is 0. The Kier molecular flexibility index (Phi) is 4.69. The third-order valence-electron chi connectivity index (χ3n) is 3.69. The lowest BCUT2D eigenvalue weighted by Crippen LogP contribution is -2.21. The van der Waals surface area contributed by atoms with Gasteiger partial charge in [-0.05, 0) is 11.3 Å². The first-order chi connectivity index (χ1) is 11.0. The van der Waals surface area contributed by atoms with Crippen molar-refractivity contribution in [2.24, 2.45) is 14.1 Å². The lowest BCUT2D eigenvalue weighted by molar-refractivity contribution is -0.391. The molecule has 1 N–H and O–H groups in total. The highest BCUT2D eigenvalue weighted by Gasteiger charge is 2.24. The van der Waals surface area contributed by atoms with Crippen LogP contribution in [0.25, 0.3) is 22.6 Å². The zero-order chi connectivity index (χ0) is 16.7. The van der Waals surface area contributed by atoms with E-state index in [2.05, 4.69) is 15.1 Å². The molecule has 0 fully saturated rings. The number of aryl methyl sites for hydroxylation is 2. The molecular formula is C13H17ClN8O2. The molecule has 0 unspecified atom stereocenters. The Morgan fingerprint density at radius 1 is 1.33 bits per heavy atom. The van der Waals surface area contributed by atoms with E-state index in [1.165, 1.54) is 10.8 Å². The van der Waals surface area contributed by atoms with Gasteiger partial charge in [-0.2, -0.15) is 5.10 Å². The third kappa shape index (κ3) is 2.54. The predicted molar refractivity (Wildman–Crippen MR) is 88.7 cm³/mol. The maximum absolute atomic E-state index is 11.0. The number of nitro groups is 1. The first-order valence-electron chi connectivity index (χ1n) is 7.09. The molecule has 3 aromatic heterocycles. The van der Waals surface area contributed by atoms with Crippen LogP contribution in [-0.4, -0.2) is 33.8 Å². The van der Waals surface area contributed by atoms with Gasteiger partial charge in [-0.25, -0.2) is 19.2 Å². The number of fused-ring (bicyclic) bond motifs is 1. The number of rotatable bonds is 4. The zero-order valence-corrected chi connectivity index (χ0v) is 14.2. The summed E-state index contributed by atoms with van der Waals surface area (Å²) in [5.74, 6) is 0.211. The standard InChI is InChI=1S/C13H16N8O2.ClH/c1-4-5-20-7-16-12-9(11(20)14)10(17-19(12)3)13-15-6-8(18(13)2)21(22)23;/h6-7,14H,4-5H2,1-3H3;1H. The first-order valence-corrected chi connectivity index (χ1v) is 7.09. The fourth-order valence-corrected chi connectivity index (χ4v) is 2.56. The fraction of sp³-hybridized carbons (Fsp3) is 0.385. The highest BCUT2D eigenvalue weighted by molar-refractivity contribution is 5.88. The van der Waals surface area contributed by atoms with Crippen molar-refractivity contribution in [3.63, 3.8) is 0 Å². The van der Waals surface area contributed by atoms with Gasteiger partial charge < -0.3 is 14.7 Å². The number of halogens is 1. The van der Waals surface area contributed by atoms with E-state index in [4.69, 9.17) is 5.41 Å². The second-order valence-electron chi connectivity index (χ2n) is 5.21. The molecule has 0 atom stereocenters. The molecule has 10 nitrogen and oxygen atoms in total. The van der Waals surface area contributed by atoms with E-state index in [1.54, 1.807) is 29.7 Å². The number of hydrogen-bond acceptors (Lipinski definition) is 6. The molecule has 0 radical (unpaired) electrons. The number of nitrogens with zero attached hydrogens (tertiary/aromatic N) is 7. The van der Waals surface area contributed by atoms with Crippen molar-refractivity contribution in [2.75, 3.05) is 0 Å². The summed E-state index contributed by atoms with van der Waals surface area (Å²) in [5, 5.41) is 24.3. The monoisotopic (exact) mass is 352 g/mol. The van der Waals surface area contributed by atoms with Gasteiger partial charge in [-0.15, -0.1) is 12.4 Å². The minimum absolute atomic E-state index is 0. The van der Waals surface area contributed by atoms with E-state index in [0.717, 1.165) is 6.42 Å². The molecule has 0 aliphatic carbocycles. The summed E-state index contributed by atoms with van der Waals surface area (Å²) in [6.07, 6.45) is 3.67. The van der Waals surface area contributed by atoms with Crippen molar-refractivity contribution >= 4 is 29.3 Å². The van der Waals surface area contributed by atoms with E-state index in [1.807, 2.05) is 6.92 Å². The lowest BCUT2D eigenvalue weighted by atomic mass is 10.2. The molecule has 0 bridgehead atoms. The summed E-state index contributed by atoms with van der Waals surface area (Å²) in [7, 11) is 3.28. The van der Waals surface area contributed by atoms with E-state index < -0.39 is 4.92 Å². The van der Waals surface area contributed by atoms with Crippen molar-refractivity contribution < 1.29 is 4.92 Å². The van der Waals surface area contributed by atoms with Crippen molar-refractivity contribution in [1.82, 2.24) is 28.9 Å². The molecule has 24 heavy (non-hydrogen) atoms. The van der Waals surface area contributed by atoms with Gasteiger partial charge in [0.25, 0.3) is 0 Å². The second-order valence-corrected chi connectivity index (χ2v) is 5.21. The maximum atomic E-state index is 11.0. The van der Waals surface area contributed by atoms with Crippen LogP contribution >= 0.6 is 12.4 Å². The van der Waals surface area contributed by atoms with Gasteiger partial charge >= 0.3 is 5.82 Å². The number of imidazole rings is 1. The molecule has 128 valence electrons. The Hall–Kier alpha value is -2.75. The number of nitrogens with one attached hydrogen (secondary N) is 1. The van der Waals surface area contributed by atoms with E-state index in [-0.39, 0.29) is 23.7 Å². The van der Waals surface area contributed by atoms with Gasteiger partial charge in [-0.1, -0.05) is 6.92 Å². The minimum atomic E-state index is -0.501. The summed E-state index contributed by atoms with van der Waals surface area (Å²) in [6.45, 7) is 2.68. The van der Waals surface area contributed by atoms with Crippen LogP contribution in [0.1, 0.15) is 13.3 Å². The Labute approximate surface area is 142 Å². The summed E-state index contributed by atoms with van der Waals surface area (Å²) in [4.78, 5) is 19.0. The molecule has 0 aromatic carbocycles.